The van der Waals surface area contributed by atoms with E-state index in [-0.39, 0.29) is 13.2 Å². The second-order valence-corrected chi connectivity index (χ2v) is 10.3. The molecule has 4 aliphatic rings. The fourth-order valence-electron chi connectivity index (χ4n) is 5.40. The van der Waals surface area contributed by atoms with Crippen molar-refractivity contribution in [3.63, 3.8) is 0 Å². The Hall–Kier alpha value is -1.83. The van der Waals surface area contributed by atoms with Crippen molar-refractivity contribution >= 4 is 0 Å². The summed E-state index contributed by atoms with van der Waals surface area (Å²) in [5.74, 6) is 0. The van der Waals surface area contributed by atoms with Crippen LogP contribution >= 0.6 is 0 Å². The van der Waals surface area contributed by atoms with Crippen LogP contribution < -0.4 is 0 Å². The van der Waals surface area contributed by atoms with E-state index in [0.29, 0.717) is 13.2 Å². The number of unbranched alkanes of at least 4 members (excludes halogenated alkanes) is 2. The summed E-state index contributed by atoms with van der Waals surface area (Å²) < 4.78 is 49.6. The minimum Gasteiger partial charge on any atom is -0.390 e. The van der Waals surface area contributed by atoms with Crippen LogP contribution in [0, 0.1) is 0 Å². The van der Waals surface area contributed by atoms with Crippen molar-refractivity contribution in [2.45, 2.75) is 107 Å². The van der Waals surface area contributed by atoms with E-state index in [1.807, 2.05) is 30.3 Å². The molecule has 5 rings (SSSR count). The Bertz CT molecular complexity index is 952. The molecule has 0 aromatic heterocycles. The maximum atomic E-state index is 11.1. The molecule has 12 nitrogen and oxygen atoms in total. The van der Waals surface area contributed by atoms with Gasteiger partial charge in [-0.25, -0.2) is 0 Å². The third-order valence-electron chi connectivity index (χ3n) is 7.51. The number of ether oxygens (including phenoxy) is 8. The first kappa shape index (κ1) is 28.7. The minimum absolute atomic E-state index is 0.200. The first-order chi connectivity index (χ1) is 19.1. The zero-order valence-electron chi connectivity index (χ0n) is 22.4. The van der Waals surface area contributed by atoms with Crippen LogP contribution in [-0.2, 0) is 37.9 Å². The molecule has 0 amide bonds. The lowest BCUT2D eigenvalue weighted by molar-refractivity contribution is -0.382. The van der Waals surface area contributed by atoms with Gasteiger partial charge < -0.3 is 43.0 Å². The number of fused-ring (bicyclic) bond motifs is 3. The van der Waals surface area contributed by atoms with Gasteiger partial charge in [0.25, 0.3) is 0 Å². The Morgan fingerprint density at radius 2 is 1.64 bits per heavy atom. The van der Waals surface area contributed by atoms with Crippen molar-refractivity contribution in [3.05, 3.63) is 46.3 Å². The van der Waals surface area contributed by atoms with Crippen LogP contribution in [0.15, 0.2) is 35.4 Å². The monoisotopic (exact) mass is 549 g/mol. The van der Waals surface area contributed by atoms with Crippen LogP contribution in [0.1, 0.15) is 51.4 Å². The van der Waals surface area contributed by atoms with Gasteiger partial charge in [-0.3, -0.25) is 0 Å². The number of rotatable bonds is 12. The smallest absolute Gasteiger partial charge is 0.187 e. The molecule has 6 unspecified atom stereocenters. The molecule has 4 saturated heterocycles. The first-order valence-corrected chi connectivity index (χ1v) is 14.0. The Morgan fingerprint density at radius 3 is 2.36 bits per heavy atom. The molecule has 4 fully saturated rings. The van der Waals surface area contributed by atoms with Crippen molar-refractivity contribution in [1.29, 1.82) is 0 Å². The van der Waals surface area contributed by atoms with Gasteiger partial charge in [-0.15, -0.1) is 0 Å². The molecule has 0 saturated carbocycles. The fraction of sp³-hybridized carbons (Fsp3) is 0.778. The summed E-state index contributed by atoms with van der Waals surface area (Å²) >= 11 is 0. The summed E-state index contributed by atoms with van der Waals surface area (Å²) in [7, 11) is 0. The quantitative estimate of drug-likeness (QED) is 0.180. The Morgan fingerprint density at radius 1 is 0.923 bits per heavy atom. The van der Waals surface area contributed by atoms with Gasteiger partial charge in [-0.1, -0.05) is 62.1 Å². The van der Waals surface area contributed by atoms with E-state index in [1.54, 1.807) is 0 Å². The number of nitrogens with zero attached hydrogens (tertiary/aromatic N) is 3. The van der Waals surface area contributed by atoms with Gasteiger partial charge in [0.1, 0.15) is 42.7 Å². The van der Waals surface area contributed by atoms with Crippen molar-refractivity contribution in [2.24, 2.45) is 5.11 Å². The van der Waals surface area contributed by atoms with Gasteiger partial charge in [0.15, 0.2) is 18.9 Å². The summed E-state index contributed by atoms with van der Waals surface area (Å²) in [4.78, 5) is 2.85. The second-order valence-electron chi connectivity index (χ2n) is 10.3. The number of aliphatic hydroxyl groups is 1. The SMILES string of the molecule is CCCCOC1C(OCCCC)[C@@H]2OC(c3ccccc3)OC[C@@H]2O[C@H]1O[C@@H]1C2CO[C@H](O2)C(N=[N+]=[N-])C1O. The number of aliphatic hydroxyl groups excluding tert-OH is 1. The molecule has 216 valence electrons. The fourth-order valence-corrected chi connectivity index (χ4v) is 5.40. The summed E-state index contributed by atoms with van der Waals surface area (Å²) in [5.41, 5.74) is 9.92. The molecule has 11 atom stereocenters. The highest BCUT2D eigenvalue weighted by molar-refractivity contribution is 5.16. The van der Waals surface area contributed by atoms with Gasteiger partial charge in [0, 0.05) is 23.7 Å². The van der Waals surface area contributed by atoms with E-state index in [0.717, 1.165) is 31.2 Å². The summed E-state index contributed by atoms with van der Waals surface area (Å²) in [6, 6.07) is 8.82. The lowest BCUT2D eigenvalue weighted by atomic mass is 9.96. The van der Waals surface area contributed by atoms with Crippen molar-refractivity contribution < 1.29 is 43.0 Å². The molecule has 12 heteroatoms. The molecule has 39 heavy (non-hydrogen) atoms. The van der Waals surface area contributed by atoms with Gasteiger partial charge in [0.2, 0.25) is 0 Å². The van der Waals surface area contributed by atoms with E-state index in [4.69, 9.17) is 43.4 Å². The van der Waals surface area contributed by atoms with Crippen LogP contribution in [0.25, 0.3) is 10.4 Å². The molecule has 0 aliphatic carbocycles. The van der Waals surface area contributed by atoms with Gasteiger partial charge in [-0.05, 0) is 18.4 Å². The van der Waals surface area contributed by atoms with E-state index in [9.17, 15) is 5.11 Å². The maximum absolute atomic E-state index is 11.1. The van der Waals surface area contributed by atoms with E-state index in [1.165, 1.54) is 0 Å². The Kier molecular flexibility index (Phi) is 10.1. The maximum Gasteiger partial charge on any atom is 0.187 e. The third-order valence-corrected chi connectivity index (χ3v) is 7.51. The van der Waals surface area contributed by atoms with Crippen LogP contribution in [0.3, 0.4) is 0 Å². The van der Waals surface area contributed by atoms with Crippen molar-refractivity contribution in [1.82, 2.24) is 0 Å². The molecule has 2 bridgehead atoms. The zero-order valence-corrected chi connectivity index (χ0v) is 22.4. The standard InChI is InChI=1S/C27H39N3O9/c1-3-5-12-32-23-22-18(15-34-25(39-22)16-10-8-7-9-11-16)37-27(24(23)33-13-6-4-2)38-21-17-14-35-26(36-17)19(20(21)31)29-30-28/h7-11,17-27,31H,3-6,12-15H2,1-2H3/t17?,18-,19?,20?,21+,22+,23?,24?,25?,26+,27-/m0/s1. The molecule has 4 heterocycles. The van der Waals surface area contributed by atoms with Crippen LogP contribution in [-0.4, -0.2) is 92.9 Å². The highest BCUT2D eigenvalue weighted by Gasteiger charge is 2.56. The molecule has 1 aromatic carbocycles. The predicted molar refractivity (Wildman–Crippen MR) is 136 cm³/mol. The molecule has 4 aliphatic heterocycles. The van der Waals surface area contributed by atoms with E-state index < -0.39 is 67.6 Å². The Balaban J connectivity index is 1.39. The van der Waals surface area contributed by atoms with Crippen LogP contribution in [0.4, 0.5) is 0 Å². The van der Waals surface area contributed by atoms with Crippen molar-refractivity contribution in [2.75, 3.05) is 26.4 Å². The van der Waals surface area contributed by atoms with Gasteiger partial charge in [-0.2, -0.15) is 0 Å². The number of benzene rings is 1. The van der Waals surface area contributed by atoms with Crippen LogP contribution in [0.5, 0.6) is 0 Å². The molecule has 1 N–H and O–H groups in total. The lowest BCUT2D eigenvalue weighted by Crippen LogP contribution is -2.65. The highest BCUT2D eigenvalue weighted by atomic mass is 16.8. The van der Waals surface area contributed by atoms with E-state index in [2.05, 4.69) is 23.9 Å². The van der Waals surface area contributed by atoms with Crippen molar-refractivity contribution in [3.8, 4) is 0 Å². The average Bonchev–Trinajstić information content (AvgIpc) is 3.40. The number of hydrogen-bond acceptors (Lipinski definition) is 10. The third kappa shape index (κ3) is 6.41. The molecule has 0 spiro atoms. The Labute approximate surface area is 228 Å². The zero-order chi connectivity index (χ0) is 27.2. The molecule has 1 aromatic rings. The lowest BCUT2D eigenvalue weighted by Gasteiger charge is -2.50. The first-order valence-electron chi connectivity index (χ1n) is 14.0. The van der Waals surface area contributed by atoms with E-state index >= 15 is 0 Å². The topological polar surface area (TPSA) is 143 Å². The highest BCUT2D eigenvalue weighted by Crippen LogP contribution is 2.39. The normalized spacial score (nSPS) is 39.6. The predicted octanol–water partition coefficient (Wildman–Crippen LogP) is 3.38. The summed E-state index contributed by atoms with van der Waals surface area (Å²) in [6.07, 6.45) is -3.29. The summed E-state index contributed by atoms with van der Waals surface area (Å²) in [6.45, 7) is 5.67. The van der Waals surface area contributed by atoms with Gasteiger partial charge in [0.05, 0.1) is 19.3 Å². The molecular weight excluding hydrogens is 510 g/mol. The molecular formula is C27H39N3O9. The minimum atomic E-state index is -1.15. The van der Waals surface area contributed by atoms with Crippen LogP contribution in [0.2, 0.25) is 0 Å². The number of azide groups is 1. The summed E-state index contributed by atoms with van der Waals surface area (Å²) in [5, 5.41) is 14.8. The number of hydrogen-bond donors (Lipinski definition) is 1. The second kappa shape index (κ2) is 13.7. The average molecular weight is 550 g/mol. The van der Waals surface area contributed by atoms with Gasteiger partial charge >= 0.3 is 0 Å². The largest absolute Gasteiger partial charge is 0.390 e. The molecule has 0 radical (unpaired) electrons.